The molecule has 0 heterocycles. The van der Waals surface area contributed by atoms with Crippen molar-refractivity contribution in [2.75, 3.05) is 0 Å². The highest BCUT2D eigenvalue weighted by atomic mass is 19.2. The minimum atomic E-state index is -0.860. The third-order valence-corrected chi connectivity index (χ3v) is 1.96. The fourth-order valence-electron chi connectivity index (χ4n) is 1.10. The minimum absolute atomic E-state index is 0.167. The lowest BCUT2D eigenvalue weighted by Crippen LogP contribution is -2.10. The standard InChI is InChI=1S/C10H12F2O/c1-2-8(13)6-7-4-3-5-9(11)10(7)12/h3-5,8,13H,2,6H2,1H3. The Hall–Kier alpha value is -0.960. The summed E-state index contributed by atoms with van der Waals surface area (Å²) in [6, 6.07) is 3.99. The molecule has 13 heavy (non-hydrogen) atoms. The summed E-state index contributed by atoms with van der Waals surface area (Å²) in [6.07, 6.45) is 0.104. The molecule has 0 radical (unpaired) electrons. The van der Waals surface area contributed by atoms with E-state index in [2.05, 4.69) is 0 Å². The number of rotatable bonds is 3. The molecule has 0 spiro atoms. The molecule has 0 aromatic heterocycles. The molecular weight excluding hydrogens is 174 g/mol. The molecule has 1 rings (SSSR count). The smallest absolute Gasteiger partial charge is 0.162 e. The highest BCUT2D eigenvalue weighted by Crippen LogP contribution is 2.13. The maximum absolute atomic E-state index is 13.0. The van der Waals surface area contributed by atoms with Crippen LogP contribution in [0.4, 0.5) is 8.78 Å². The monoisotopic (exact) mass is 186 g/mol. The predicted molar refractivity (Wildman–Crippen MR) is 46.4 cm³/mol. The van der Waals surface area contributed by atoms with Crippen LogP contribution < -0.4 is 0 Å². The normalized spacial score (nSPS) is 12.9. The Morgan fingerprint density at radius 1 is 1.38 bits per heavy atom. The van der Waals surface area contributed by atoms with Crippen molar-refractivity contribution in [3.05, 3.63) is 35.4 Å². The van der Waals surface area contributed by atoms with Gasteiger partial charge < -0.3 is 5.11 Å². The van der Waals surface area contributed by atoms with E-state index in [-0.39, 0.29) is 12.0 Å². The molecule has 1 aromatic rings. The Bertz CT molecular complexity index is 286. The molecule has 1 N–H and O–H groups in total. The molecule has 0 aliphatic heterocycles. The maximum Gasteiger partial charge on any atom is 0.162 e. The summed E-state index contributed by atoms with van der Waals surface area (Å²) in [5, 5.41) is 9.24. The Morgan fingerprint density at radius 2 is 2.08 bits per heavy atom. The molecule has 1 nitrogen and oxygen atoms in total. The first-order valence-corrected chi connectivity index (χ1v) is 4.26. The Balaban J connectivity index is 2.83. The van der Waals surface area contributed by atoms with Gasteiger partial charge in [0.2, 0.25) is 0 Å². The fourth-order valence-corrected chi connectivity index (χ4v) is 1.10. The second-order valence-electron chi connectivity index (χ2n) is 2.98. The highest BCUT2D eigenvalue weighted by Gasteiger charge is 2.10. The molecule has 72 valence electrons. The Kier molecular flexibility index (Phi) is 3.37. The van der Waals surface area contributed by atoms with Gasteiger partial charge in [-0.25, -0.2) is 8.78 Å². The highest BCUT2D eigenvalue weighted by molar-refractivity contribution is 5.19. The van der Waals surface area contributed by atoms with Crippen LogP contribution in [0.2, 0.25) is 0 Å². The molecule has 1 unspecified atom stereocenters. The van der Waals surface area contributed by atoms with Gasteiger partial charge in [0.1, 0.15) is 0 Å². The first-order chi connectivity index (χ1) is 6.15. The van der Waals surface area contributed by atoms with Crippen molar-refractivity contribution < 1.29 is 13.9 Å². The van der Waals surface area contributed by atoms with E-state index < -0.39 is 17.7 Å². The SMILES string of the molecule is CCC(O)Cc1cccc(F)c1F. The predicted octanol–water partition coefficient (Wildman–Crippen LogP) is 2.28. The largest absolute Gasteiger partial charge is 0.393 e. The summed E-state index contributed by atoms with van der Waals surface area (Å²) >= 11 is 0. The van der Waals surface area contributed by atoms with E-state index in [0.717, 1.165) is 6.07 Å². The van der Waals surface area contributed by atoms with Crippen molar-refractivity contribution in [3.8, 4) is 0 Å². The van der Waals surface area contributed by atoms with Gasteiger partial charge in [0, 0.05) is 6.42 Å². The number of benzene rings is 1. The van der Waals surface area contributed by atoms with Crippen molar-refractivity contribution in [1.29, 1.82) is 0 Å². The van der Waals surface area contributed by atoms with Gasteiger partial charge >= 0.3 is 0 Å². The molecular formula is C10H12F2O. The molecule has 0 saturated heterocycles. The van der Waals surface area contributed by atoms with Gasteiger partial charge in [-0.15, -0.1) is 0 Å². The third-order valence-electron chi connectivity index (χ3n) is 1.96. The molecule has 0 aliphatic carbocycles. The van der Waals surface area contributed by atoms with Crippen LogP contribution in [0.1, 0.15) is 18.9 Å². The van der Waals surface area contributed by atoms with Gasteiger partial charge in [-0.05, 0) is 18.1 Å². The van der Waals surface area contributed by atoms with Crippen molar-refractivity contribution in [3.63, 3.8) is 0 Å². The van der Waals surface area contributed by atoms with E-state index in [1.807, 2.05) is 0 Å². The average Bonchev–Trinajstić information content (AvgIpc) is 2.13. The second kappa shape index (κ2) is 4.33. The van der Waals surface area contributed by atoms with Gasteiger partial charge in [0.05, 0.1) is 6.10 Å². The first kappa shape index (κ1) is 10.1. The van der Waals surface area contributed by atoms with Crippen LogP contribution in [0.15, 0.2) is 18.2 Å². The first-order valence-electron chi connectivity index (χ1n) is 4.26. The van der Waals surface area contributed by atoms with Crippen molar-refractivity contribution in [1.82, 2.24) is 0 Å². The summed E-state index contributed by atoms with van der Waals surface area (Å²) in [7, 11) is 0. The van der Waals surface area contributed by atoms with Gasteiger partial charge in [0.15, 0.2) is 11.6 Å². The van der Waals surface area contributed by atoms with Crippen molar-refractivity contribution in [2.24, 2.45) is 0 Å². The van der Waals surface area contributed by atoms with E-state index >= 15 is 0 Å². The van der Waals surface area contributed by atoms with Crippen LogP contribution in [0, 0.1) is 11.6 Å². The van der Waals surface area contributed by atoms with E-state index in [0.29, 0.717) is 6.42 Å². The van der Waals surface area contributed by atoms with Gasteiger partial charge in [-0.1, -0.05) is 19.1 Å². The van der Waals surface area contributed by atoms with Crippen LogP contribution in [0.3, 0.4) is 0 Å². The van der Waals surface area contributed by atoms with Crippen molar-refractivity contribution in [2.45, 2.75) is 25.9 Å². The summed E-state index contributed by atoms with van der Waals surface area (Å²) in [4.78, 5) is 0. The Labute approximate surface area is 76.0 Å². The van der Waals surface area contributed by atoms with E-state index in [1.54, 1.807) is 6.92 Å². The maximum atomic E-state index is 13.0. The lowest BCUT2D eigenvalue weighted by Gasteiger charge is -2.08. The molecule has 0 aliphatic rings. The number of aliphatic hydroxyl groups excluding tert-OH is 1. The quantitative estimate of drug-likeness (QED) is 0.767. The van der Waals surface area contributed by atoms with Crippen LogP contribution in [0.5, 0.6) is 0 Å². The summed E-state index contributed by atoms with van der Waals surface area (Å²) in [5.41, 5.74) is 0.231. The molecule has 1 atom stereocenters. The zero-order valence-electron chi connectivity index (χ0n) is 7.43. The number of aliphatic hydroxyl groups is 1. The topological polar surface area (TPSA) is 20.2 Å². The van der Waals surface area contributed by atoms with Crippen LogP contribution in [-0.4, -0.2) is 11.2 Å². The molecule has 0 fully saturated rings. The summed E-state index contributed by atoms with van der Waals surface area (Å²) in [5.74, 6) is -1.71. The van der Waals surface area contributed by atoms with Crippen LogP contribution in [-0.2, 0) is 6.42 Å². The van der Waals surface area contributed by atoms with Gasteiger partial charge in [0.25, 0.3) is 0 Å². The number of halogens is 2. The lowest BCUT2D eigenvalue weighted by atomic mass is 10.1. The van der Waals surface area contributed by atoms with Gasteiger partial charge in [-0.3, -0.25) is 0 Å². The van der Waals surface area contributed by atoms with Crippen molar-refractivity contribution >= 4 is 0 Å². The van der Waals surface area contributed by atoms with E-state index in [9.17, 15) is 13.9 Å². The molecule has 0 amide bonds. The minimum Gasteiger partial charge on any atom is -0.393 e. The van der Waals surface area contributed by atoms with E-state index in [4.69, 9.17) is 0 Å². The molecule has 0 bridgehead atoms. The zero-order valence-corrected chi connectivity index (χ0v) is 7.43. The second-order valence-corrected chi connectivity index (χ2v) is 2.98. The lowest BCUT2D eigenvalue weighted by molar-refractivity contribution is 0.169. The number of hydrogen-bond acceptors (Lipinski definition) is 1. The van der Waals surface area contributed by atoms with E-state index in [1.165, 1.54) is 12.1 Å². The van der Waals surface area contributed by atoms with Crippen LogP contribution >= 0.6 is 0 Å². The molecule has 1 aromatic carbocycles. The fraction of sp³-hybridized carbons (Fsp3) is 0.400. The zero-order chi connectivity index (χ0) is 9.84. The molecule has 3 heteroatoms. The molecule has 0 saturated carbocycles. The number of hydrogen-bond donors (Lipinski definition) is 1. The average molecular weight is 186 g/mol. The third kappa shape index (κ3) is 2.49. The van der Waals surface area contributed by atoms with Crippen LogP contribution in [0.25, 0.3) is 0 Å². The Morgan fingerprint density at radius 3 is 2.69 bits per heavy atom. The summed E-state index contributed by atoms with van der Waals surface area (Å²) < 4.78 is 25.7. The summed E-state index contributed by atoms with van der Waals surface area (Å²) in [6.45, 7) is 1.79. The van der Waals surface area contributed by atoms with Gasteiger partial charge in [-0.2, -0.15) is 0 Å².